The summed E-state index contributed by atoms with van der Waals surface area (Å²) in [6.07, 6.45) is 2.70. The Bertz CT molecular complexity index is 311. The first-order valence-corrected chi connectivity index (χ1v) is 3.32. The van der Waals surface area contributed by atoms with Crippen molar-refractivity contribution >= 4 is 30.5 Å². The molecular weight excluding hydrogens is 199 g/mol. The molecule has 2 N–H and O–H groups in total. The van der Waals surface area contributed by atoms with Gasteiger partial charge in [-0.05, 0) is 12.0 Å². The van der Waals surface area contributed by atoms with Crippen LogP contribution in [0.5, 0.6) is 0 Å². The lowest BCUT2D eigenvalue weighted by molar-refractivity contribution is 1.10. The lowest BCUT2D eigenvalue weighted by atomic mass is 10.2. The van der Waals surface area contributed by atoms with Crippen LogP contribution >= 0.6 is 24.8 Å². The van der Waals surface area contributed by atoms with Gasteiger partial charge in [-0.2, -0.15) is 0 Å². The summed E-state index contributed by atoms with van der Waals surface area (Å²) in [7, 11) is 0. The Balaban J connectivity index is 0.000000605. The first-order valence-electron chi connectivity index (χ1n) is 3.32. The normalized spacial score (nSPS) is 12.0. The second kappa shape index (κ2) is 4.38. The Morgan fingerprint density at radius 1 is 1.33 bits per heavy atom. The fourth-order valence-electron chi connectivity index (χ4n) is 1.22. The minimum absolute atomic E-state index is 0. The standard InChI is InChI=1S/C7H8N2O.2ClH/c10-7-3-5-1-2-8-6(5)4-9-7;;/h3-4,8H,1-2H2,(H,9,10);2*1H. The molecule has 2 rings (SSSR count). The van der Waals surface area contributed by atoms with Crippen LogP contribution in [0.2, 0.25) is 0 Å². The average Bonchev–Trinajstić information content (AvgIpc) is 2.33. The van der Waals surface area contributed by atoms with Crippen molar-refractivity contribution in [2.75, 3.05) is 11.9 Å². The summed E-state index contributed by atoms with van der Waals surface area (Å²) in [5.41, 5.74) is 2.19. The maximum absolute atomic E-state index is 10.7. The van der Waals surface area contributed by atoms with E-state index < -0.39 is 0 Å². The van der Waals surface area contributed by atoms with Crippen LogP contribution in [0.25, 0.3) is 0 Å². The summed E-state index contributed by atoms with van der Waals surface area (Å²) in [4.78, 5) is 13.4. The van der Waals surface area contributed by atoms with Gasteiger partial charge in [0.2, 0.25) is 5.56 Å². The van der Waals surface area contributed by atoms with Crippen LogP contribution in [0.15, 0.2) is 17.1 Å². The number of pyridine rings is 1. The van der Waals surface area contributed by atoms with E-state index in [1.807, 2.05) is 0 Å². The van der Waals surface area contributed by atoms with E-state index in [1.165, 1.54) is 0 Å². The molecule has 0 saturated carbocycles. The molecule has 0 aromatic carbocycles. The molecule has 0 unspecified atom stereocenters. The third kappa shape index (κ3) is 1.93. The molecule has 1 aliphatic rings. The van der Waals surface area contributed by atoms with Gasteiger partial charge in [-0.1, -0.05) is 0 Å². The summed E-state index contributed by atoms with van der Waals surface area (Å²) in [5.74, 6) is 0. The van der Waals surface area contributed by atoms with Crippen molar-refractivity contribution < 1.29 is 0 Å². The van der Waals surface area contributed by atoms with Gasteiger partial charge in [0.25, 0.3) is 0 Å². The molecule has 3 nitrogen and oxygen atoms in total. The molecule has 1 aliphatic heterocycles. The van der Waals surface area contributed by atoms with Crippen molar-refractivity contribution in [1.29, 1.82) is 0 Å². The van der Waals surface area contributed by atoms with Crippen molar-refractivity contribution in [2.45, 2.75) is 6.42 Å². The number of H-pyrrole nitrogens is 1. The highest BCUT2D eigenvalue weighted by molar-refractivity contribution is 5.85. The van der Waals surface area contributed by atoms with Gasteiger partial charge < -0.3 is 10.3 Å². The summed E-state index contributed by atoms with van der Waals surface area (Å²) >= 11 is 0. The molecule has 12 heavy (non-hydrogen) atoms. The molecule has 0 amide bonds. The minimum atomic E-state index is -0.0116. The molecule has 1 aromatic heterocycles. The molecule has 5 heteroatoms. The third-order valence-electron chi connectivity index (χ3n) is 1.72. The molecular formula is C7H10Cl2N2O. The zero-order valence-electron chi connectivity index (χ0n) is 6.29. The summed E-state index contributed by atoms with van der Waals surface area (Å²) in [6, 6.07) is 1.65. The Labute approximate surface area is 82.4 Å². The van der Waals surface area contributed by atoms with E-state index in [4.69, 9.17) is 0 Å². The first-order chi connectivity index (χ1) is 4.86. The van der Waals surface area contributed by atoms with Crippen molar-refractivity contribution in [3.8, 4) is 0 Å². The molecule has 0 spiro atoms. The van der Waals surface area contributed by atoms with E-state index in [-0.39, 0.29) is 30.4 Å². The highest BCUT2D eigenvalue weighted by atomic mass is 35.5. The second-order valence-corrected chi connectivity index (χ2v) is 2.41. The van der Waals surface area contributed by atoms with Crippen molar-refractivity contribution in [3.05, 3.63) is 28.2 Å². The topological polar surface area (TPSA) is 44.9 Å². The van der Waals surface area contributed by atoms with E-state index in [9.17, 15) is 4.79 Å². The van der Waals surface area contributed by atoms with Gasteiger partial charge in [0.05, 0.1) is 5.69 Å². The fraction of sp³-hybridized carbons (Fsp3) is 0.286. The smallest absolute Gasteiger partial charge is 0.248 e. The highest BCUT2D eigenvalue weighted by Crippen LogP contribution is 2.17. The predicted molar refractivity (Wildman–Crippen MR) is 53.8 cm³/mol. The van der Waals surface area contributed by atoms with Crippen LogP contribution in [0.3, 0.4) is 0 Å². The summed E-state index contributed by atoms with van der Waals surface area (Å²) in [6.45, 7) is 0.951. The maximum Gasteiger partial charge on any atom is 0.248 e. The largest absolute Gasteiger partial charge is 0.383 e. The van der Waals surface area contributed by atoms with Crippen LogP contribution in [0.1, 0.15) is 5.56 Å². The van der Waals surface area contributed by atoms with Crippen LogP contribution in [0.4, 0.5) is 5.69 Å². The second-order valence-electron chi connectivity index (χ2n) is 2.41. The first kappa shape index (κ1) is 11.3. The SMILES string of the molecule is Cl.Cl.O=c1cc2c(c[nH]1)NCC2. The number of rotatable bonds is 0. The van der Waals surface area contributed by atoms with Crippen molar-refractivity contribution in [2.24, 2.45) is 0 Å². The molecule has 0 saturated heterocycles. The van der Waals surface area contributed by atoms with Crippen molar-refractivity contribution in [3.63, 3.8) is 0 Å². The summed E-state index contributed by atoms with van der Waals surface area (Å²) in [5, 5.41) is 3.16. The van der Waals surface area contributed by atoms with Crippen LogP contribution in [-0.4, -0.2) is 11.5 Å². The van der Waals surface area contributed by atoms with Crippen LogP contribution < -0.4 is 10.9 Å². The fourth-order valence-corrected chi connectivity index (χ4v) is 1.22. The number of fused-ring (bicyclic) bond motifs is 1. The summed E-state index contributed by atoms with van der Waals surface area (Å²) < 4.78 is 0. The quantitative estimate of drug-likeness (QED) is 0.673. The predicted octanol–water partition coefficient (Wildman–Crippen LogP) is 1.19. The number of aromatic amines is 1. The Hall–Kier alpha value is -0.670. The number of anilines is 1. The van der Waals surface area contributed by atoms with Gasteiger partial charge >= 0.3 is 0 Å². The molecule has 0 aliphatic carbocycles. The maximum atomic E-state index is 10.7. The van der Waals surface area contributed by atoms with E-state index in [1.54, 1.807) is 12.3 Å². The van der Waals surface area contributed by atoms with Crippen molar-refractivity contribution in [1.82, 2.24) is 4.98 Å². The van der Waals surface area contributed by atoms with Gasteiger partial charge in [-0.15, -0.1) is 24.8 Å². The zero-order chi connectivity index (χ0) is 6.97. The molecule has 0 bridgehead atoms. The zero-order valence-corrected chi connectivity index (χ0v) is 7.93. The number of nitrogens with one attached hydrogen (secondary N) is 2. The van der Waals surface area contributed by atoms with E-state index in [2.05, 4.69) is 10.3 Å². The lowest BCUT2D eigenvalue weighted by Crippen LogP contribution is -2.03. The van der Waals surface area contributed by atoms with Gasteiger partial charge in [-0.25, -0.2) is 0 Å². The van der Waals surface area contributed by atoms with E-state index >= 15 is 0 Å². The number of aromatic nitrogens is 1. The minimum Gasteiger partial charge on any atom is -0.383 e. The Morgan fingerprint density at radius 3 is 2.83 bits per heavy atom. The molecule has 0 radical (unpaired) electrons. The highest BCUT2D eigenvalue weighted by Gasteiger charge is 2.08. The monoisotopic (exact) mass is 208 g/mol. The number of hydrogen-bond donors (Lipinski definition) is 2. The average molecular weight is 209 g/mol. The van der Waals surface area contributed by atoms with E-state index in [0.717, 1.165) is 24.2 Å². The molecule has 2 heterocycles. The van der Waals surface area contributed by atoms with Gasteiger partial charge in [0.15, 0.2) is 0 Å². The Kier molecular flexibility index (Phi) is 4.13. The van der Waals surface area contributed by atoms with Crippen LogP contribution in [-0.2, 0) is 6.42 Å². The third-order valence-corrected chi connectivity index (χ3v) is 1.72. The lowest BCUT2D eigenvalue weighted by Gasteiger charge is -1.94. The van der Waals surface area contributed by atoms with E-state index in [0.29, 0.717) is 0 Å². The van der Waals surface area contributed by atoms with Gasteiger partial charge in [0, 0.05) is 18.8 Å². The molecule has 0 atom stereocenters. The van der Waals surface area contributed by atoms with Crippen LogP contribution in [0, 0.1) is 0 Å². The molecule has 1 aromatic rings. The van der Waals surface area contributed by atoms with Gasteiger partial charge in [-0.3, -0.25) is 4.79 Å². The Morgan fingerprint density at radius 2 is 2.08 bits per heavy atom. The number of halogens is 2. The van der Waals surface area contributed by atoms with Gasteiger partial charge in [0.1, 0.15) is 0 Å². The number of hydrogen-bond acceptors (Lipinski definition) is 2. The molecule has 68 valence electrons. The molecule has 0 fully saturated rings.